The topological polar surface area (TPSA) is 57.9 Å². The second-order valence-corrected chi connectivity index (χ2v) is 6.69. The first-order valence-corrected chi connectivity index (χ1v) is 9.56. The van der Waals surface area contributed by atoms with Crippen molar-refractivity contribution in [2.75, 3.05) is 20.3 Å². The average molecular weight is 410 g/mol. The van der Waals surface area contributed by atoms with Gasteiger partial charge in [-0.15, -0.1) is 5.10 Å². The van der Waals surface area contributed by atoms with E-state index in [0.717, 1.165) is 16.9 Å². The van der Waals surface area contributed by atoms with Gasteiger partial charge >= 0.3 is 0 Å². The summed E-state index contributed by atoms with van der Waals surface area (Å²) in [6.07, 6.45) is 0. The standard InChI is InChI=1S/C22H20ClN3O3/c1-27-13-14-28-18-9-7-17(8-10-18)21-22(23)26-19(24-21)11-12-20(25-26)29-15-16-5-3-2-4-6-16/h2-12H,13-15H2,1H3. The van der Waals surface area contributed by atoms with Gasteiger partial charge < -0.3 is 14.2 Å². The number of methoxy groups -OCH3 is 1. The highest BCUT2D eigenvalue weighted by Crippen LogP contribution is 2.29. The van der Waals surface area contributed by atoms with Crippen LogP contribution in [0.2, 0.25) is 5.15 Å². The highest BCUT2D eigenvalue weighted by molar-refractivity contribution is 6.32. The zero-order valence-corrected chi connectivity index (χ0v) is 16.7. The minimum absolute atomic E-state index is 0.429. The highest BCUT2D eigenvalue weighted by Gasteiger charge is 2.14. The monoisotopic (exact) mass is 409 g/mol. The van der Waals surface area contributed by atoms with E-state index in [1.807, 2.05) is 60.7 Å². The lowest BCUT2D eigenvalue weighted by atomic mass is 10.1. The molecule has 0 N–H and O–H groups in total. The van der Waals surface area contributed by atoms with Gasteiger partial charge in [-0.1, -0.05) is 41.9 Å². The minimum atomic E-state index is 0.429. The molecule has 29 heavy (non-hydrogen) atoms. The molecule has 2 aromatic carbocycles. The third-order valence-corrected chi connectivity index (χ3v) is 4.65. The van der Waals surface area contributed by atoms with Crippen LogP contribution < -0.4 is 9.47 Å². The van der Waals surface area contributed by atoms with Gasteiger partial charge in [-0.25, -0.2) is 4.98 Å². The van der Waals surface area contributed by atoms with Gasteiger partial charge in [-0.05, 0) is 35.9 Å². The Kier molecular flexibility index (Phi) is 5.93. The molecule has 0 radical (unpaired) electrons. The van der Waals surface area contributed by atoms with E-state index in [-0.39, 0.29) is 0 Å². The Labute approximate surface area is 173 Å². The second kappa shape index (κ2) is 8.94. The van der Waals surface area contributed by atoms with E-state index in [0.29, 0.717) is 42.2 Å². The molecule has 0 aliphatic heterocycles. The van der Waals surface area contributed by atoms with Crippen molar-refractivity contribution >= 4 is 17.2 Å². The van der Waals surface area contributed by atoms with Gasteiger partial charge in [0.15, 0.2) is 10.8 Å². The molecular weight excluding hydrogens is 390 g/mol. The molecule has 148 valence electrons. The smallest absolute Gasteiger partial charge is 0.232 e. The minimum Gasteiger partial charge on any atom is -0.491 e. The molecule has 0 fully saturated rings. The molecule has 7 heteroatoms. The summed E-state index contributed by atoms with van der Waals surface area (Å²) < 4.78 is 17.9. The number of hydrogen-bond donors (Lipinski definition) is 0. The summed E-state index contributed by atoms with van der Waals surface area (Å²) >= 11 is 6.56. The predicted molar refractivity (Wildman–Crippen MR) is 112 cm³/mol. The Balaban J connectivity index is 1.52. The van der Waals surface area contributed by atoms with Crippen LogP contribution in [-0.4, -0.2) is 34.9 Å². The Morgan fingerprint density at radius 3 is 2.45 bits per heavy atom. The Bertz CT molecular complexity index is 1080. The zero-order chi connectivity index (χ0) is 20.1. The van der Waals surface area contributed by atoms with Crippen LogP contribution in [0.3, 0.4) is 0 Å². The maximum Gasteiger partial charge on any atom is 0.232 e. The second-order valence-electron chi connectivity index (χ2n) is 6.33. The molecule has 0 atom stereocenters. The van der Waals surface area contributed by atoms with Gasteiger partial charge in [-0.2, -0.15) is 4.52 Å². The fraction of sp³-hybridized carbons (Fsp3) is 0.182. The molecule has 4 rings (SSSR count). The van der Waals surface area contributed by atoms with Crippen molar-refractivity contribution in [3.63, 3.8) is 0 Å². The van der Waals surface area contributed by atoms with Crippen LogP contribution in [0.15, 0.2) is 66.7 Å². The van der Waals surface area contributed by atoms with Gasteiger partial charge in [0, 0.05) is 18.7 Å². The quantitative estimate of drug-likeness (QED) is 0.396. The van der Waals surface area contributed by atoms with Crippen LogP contribution in [0.4, 0.5) is 0 Å². The van der Waals surface area contributed by atoms with Crippen LogP contribution in [0.25, 0.3) is 16.9 Å². The molecule has 0 saturated carbocycles. The molecule has 2 aromatic heterocycles. The fourth-order valence-electron chi connectivity index (χ4n) is 2.83. The molecule has 0 amide bonds. The number of imidazole rings is 1. The Morgan fingerprint density at radius 2 is 1.69 bits per heavy atom. The summed E-state index contributed by atoms with van der Waals surface area (Å²) in [4.78, 5) is 4.60. The number of ether oxygens (including phenoxy) is 3. The number of aromatic nitrogens is 3. The number of rotatable bonds is 8. The van der Waals surface area contributed by atoms with Gasteiger partial charge in [-0.3, -0.25) is 0 Å². The van der Waals surface area contributed by atoms with Crippen molar-refractivity contribution in [2.45, 2.75) is 6.61 Å². The van der Waals surface area contributed by atoms with Gasteiger partial charge in [0.1, 0.15) is 24.7 Å². The highest BCUT2D eigenvalue weighted by atomic mass is 35.5. The van der Waals surface area contributed by atoms with Crippen molar-refractivity contribution in [3.8, 4) is 22.9 Å². The summed E-state index contributed by atoms with van der Waals surface area (Å²) in [6.45, 7) is 1.48. The number of nitrogens with zero attached hydrogens (tertiary/aromatic N) is 3. The van der Waals surface area contributed by atoms with E-state index in [2.05, 4.69) is 10.1 Å². The van der Waals surface area contributed by atoms with Gasteiger partial charge in [0.2, 0.25) is 5.88 Å². The van der Waals surface area contributed by atoms with E-state index in [4.69, 9.17) is 25.8 Å². The number of halogens is 1. The average Bonchev–Trinajstić information content (AvgIpc) is 3.10. The van der Waals surface area contributed by atoms with Crippen molar-refractivity contribution in [3.05, 3.63) is 77.4 Å². The summed E-state index contributed by atoms with van der Waals surface area (Å²) in [5, 5.41) is 4.89. The van der Waals surface area contributed by atoms with Crippen LogP contribution in [0.1, 0.15) is 5.56 Å². The van der Waals surface area contributed by atoms with Gasteiger partial charge in [0.25, 0.3) is 0 Å². The molecule has 0 unspecified atom stereocenters. The molecular formula is C22H20ClN3O3. The van der Waals surface area contributed by atoms with Crippen LogP contribution in [0.5, 0.6) is 11.6 Å². The lowest BCUT2D eigenvalue weighted by Gasteiger charge is -2.06. The molecule has 2 heterocycles. The summed E-state index contributed by atoms with van der Waals surface area (Å²) in [5.41, 5.74) is 3.26. The number of fused-ring (bicyclic) bond motifs is 1. The Morgan fingerprint density at radius 1 is 0.897 bits per heavy atom. The van der Waals surface area contributed by atoms with Gasteiger partial charge in [0.05, 0.1) is 6.61 Å². The third kappa shape index (κ3) is 4.50. The predicted octanol–water partition coefficient (Wildman–Crippen LogP) is 4.65. The van der Waals surface area contributed by atoms with E-state index >= 15 is 0 Å². The van der Waals surface area contributed by atoms with Crippen molar-refractivity contribution in [2.24, 2.45) is 0 Å². The third-order valence-electron chi connectivity index (χ3n) is 4.31. The normalized spacial score (nSPS) is 11.0. The van der Waals surface area contributed by atoms with E-state index in [1.165, 1.54) is 0 Å². The number of hydrogen-bond acceptors (Lipinski definition) is 5. The molecule has 4 aromatic rings. The first-order valence-electron chi connectivity index (χ1n) is 9.19. The fourth-order valence-corrected chi connectivity index (χ4v) is 3.11. The Hall–Kier alpha value is -3.09. The molecule has 0 bridgehead atoms. The van der Waals surface area contributed by atoms with E-state index in [1.54, 1.807) is 17.7 Å². The SMILES string of the molecule is COCCOc1ccc(-c2nc3ccc(OCc4ccccc4)nn3c2Cl)cc1. The maximum absolute atomic E-state index is 6.56. The molecule has 6 nitrogen and oxygen atoms in total. The molecule has 0 aliphatic carbocycles. The first-order chi connectivity index (χ1) is 14.2. The van der Waals surface area contributed by atoms with Crippen LogP contribution in [0, 0.1) is 0 Å². The molecule has 0 aliphatic rings. The summed E-state index contributed by atoms with van der Waals surface area (Å²) in [7, 11) is 1.64. The molecule has 0 saturated heterocycles. The first kappa shape index (κ1) is 19.2. The van der Waals surface area contributed by atoms with E-state index in [9.17, 15) is 0 Å². The van der Waals surface area contributed by atoms with Crippen LogP contribution in [-0.2, 0) is 11.3 Å². The lowest BCUT2D eigenvalue weighted by molar-refractivity contribution is 0.146. The van der Waals surface area contributed by atoms with Crippen molar-refractivity contribution in [1.82, 2.24) is 14.6 Å². The lowest BCUT2D eigenvalue weighted by Crippen LogP contribution is -2.03. The van der Waals surface area contributed by atoms with Crippen molar-refractivity contribution in [1.29, 1.82) is 0 Å². The van der Waals surface area contributed by atoms with E-state index < -0.39 is 0 Å². The zero-order valence-electron chi connectivity index (χ0n) is 15.9. The summed E-state index contributed by atoms with van der Waals surface area (Å²) in [5.74, 6) is 1.24. The van der Waals surface area contributed by atoms with Crippen molar-refractivity contribution < 1.29 is 14.2 Å². The summed E-state index contributed by atoms with van der Waals surface area (Å²) in [6, 6.07) is 21.2. The maximum atomic E-state index is 6.56. The molecule has 0 spiro atoms. The van der Waals surface area contributed by atoms with Crippen LogP contribution >= 0.6 is 11.6 Å². The largest absolute Gasteiger partial charge is 0.491 e. The number of benzene rings is 2.